The highest BCUT2D eigenvalue weighted by atomic mass is 16.1. The highest BCUT2D eigenvalue weighted by molar-refractivity contribution is 5.94. The molecule has 5 nitrogen and oxygen atoms in total. The Kier molecular flexibility index (Phi) is 6.25. The zero-order valence-electron chi connectivity index (χ0n) is 13.3. The summed E-state index contributed by atoms with van der Waals surface area (Å²) >= 11 is 0. The number of carbonyl (C=O) groups is 1. The molecular formula is C17H26N4O. The predicted molar refractivity (Wildman–Crippen MR) is 90.0 cm³/mol. The predicted octanol–water partition coefficient (Wildman–Crippen LogP) is 1.96. The van der Waals surface area contributed by atoms with Gasteiger partial charge in [-0.1, -0.05) is 37.0 Å². The molecule has 0 unspecified atom stereocenters. The Morgan fingerprint density at radius 2 is 2.09 bits per heavy atom. The van der Waals surface area contributed by atoms with E-state index in [0.29, 0.717) is 30.7 Å². The fourth-order valence-corrected chi connectivity index (χ4v) is 2.74. The number of guanidine groups is 1. The van der Waals surface area contributed by atoms with Gasteiger partial charge in [-0.05, 0) is 31.9 Å². The van der Waals surface area contributed by atoms with Gasteiger partial charge in [0.1, 0.15) is 0 Å². The number of amides is 1. The molecule has 22 heavy (non-hydrogen) atoms. The molecule has 0 bridgehead atoms. The van der Waals surface area contributed by atoms with Crippen molar-refractivity contribution in [3.8, 4) is 0 Å². The van der Waals surface area contributed by atoms with Gasteiger partial charge in [-0.3, -0.25) is 9.79 Å². The van der Waals surface area contributed by atoms with Crippen molar-refractivity contribution in [1.82, 2.24) is 10.6 Å². The van der Waals surface area contributed by atoms with Crippen molar-refractivity contribution in [2.24, 2.45) is 10.7 Å². The minimum Gasteiger partial charge on any atom is -0.370 e. The average molecular weight is 302 g/mol. The van der Waals surface area contributed by atoms with Gasteiger partial charge in [-0.15, -0.1) is 0 Å². The van der Waals surface area contributed by atoms with Gasteiger partial charge in [0.15, 0.2) is 5.96 Å². The molecule has 120 valence electrons. The number of hydrogen-bond acceptors (Lipinski definition) is 2. The highest BCUT2D eigenvalue weighted by Crippen LogP contribution is 2.16. The van der Waals surface area contributed by atoms with E-state index in [4.69, 9.17) is 5.73 Å². The van der Waals surface area contributed by atoms with Crippen molar-refractivity contribution in [3.63, 3.8) is 0 Å². The lowest BCUT2D eigenvalue weighted by Gasteiger charge is -2.23. The van der Waals surface area contributed by atoms with Gasteiger partial charge in [0.2, 0.25) is 0 Å². The molecule has 1 aromatic carbocycles. The number of hydrogen-bond donors (Lipinski definition) is 3. The van der Waals surface area contributed by atoms with Crippen molar-refractivity contribution < 1.29 is 4.79 Å². The van der Waals surface area contributed by atoms with Crippen LogP contribution in [0, 0.1) is 6.92 Å². The van der Waals surface area contributed by atoms with E-state index in [0.717, 1.165) is 5.56 Å². The number of aryl methyl sites for hydroxylation is 1. The Morgan fingerprint density at radius 1 is 1.32 bits per heavy atom. The Balaban J connectivity index is 1.69. The molecule has 0 aromatic heterocycles. The average Bonchev–Trinajstić information content (AvgIpc) is 2.52. The SMILES string of the molecule is Cc1cccc(C(=O)NCCN=C(N)NC2CCCCC2)c1. The molecule has 1 aromatic rings. The fourth-order valence-electron chi connectivity index (χ4n) is 2.74. The van der Waals surface area contributed by atoms with Crippen LogP contribution in [0.5, 0.6) is 0 Å². The van der Waals surface area contributed by atoms with E-state index in [1.807, 2.05) is 31.2 Å². The molecule has 0 heterocycles. The van der Waals surface area contributed by atoms with Gasteiger partial charge in [-0.25, -0.2) is 0 Å². The standard InChI is InChI=1S/C17H26N4O/c1-13-6-5-7-14(12-13)16(22)19-10-11-20-17(18)21-15-8-3-2-4-9-15/h5-7,12,15H,2-4,8-11H2,1H3,(H,19,22)(H3,18,20,21). The Morgan fingerprint density at radius 3 is 2.82 bits per heavy atom. The van der Waals surface area contributed by atoms with Crippen LogP contribution in [-0.2, 0) is 0 Å². The van der Waals surface area contributed by atoms with Crippen LogP contribution in [-0.4, -0.2) is 31.0 Å². The summed E-state index contributed by atoms with van der Waals surface area (Å²) < 4.78 is 0. The summed E-state index contributed by atoms with van der Waals surface area (Å²) in [4.78, 5) is 16.2. The molecular weight excluding hydrogens is 276 g/mol. The second kappa shape index (κ2) is 8.41. The normalized spacial score (nSPS) is 16.3. The number of nitrogens with two attached hydrogens (primary N) is 1. The quantitative estimate of drug-likeness (QED) is 0.442. The van der Waals surface area contributed by atoms with E-state index in [1.165, 1.54) is 32.1 Å². The summed E-state index contributed by atoms with van der Waals surface area (Å²) in [5, 5.41) is 6.12. The summed E-state index contributed by atoms with van der Waals surface area (Å²) in [6, 6.07) is 7.99. The van der Waals surface area contributed by atoms with E-state index in [1.54, 1.807) is 0 Å². The number of aliphatic imine (C=N–C) groups is 1. The molecule has 1 amide bonds. The number of rotatable bonds is 5. The van der Waals surface area contributed by atoms with Crippen molar-refractivity contribution in [2.75, 3.05) is 13.1 Å². The second-order valence-electron chi connectivity index (χ2n) is 5.87. The zero-order chi connectivity index (χ0) is 15.8. The summed E-state index contributed by atoms with van der Waals surface area (Å²) in [6.07, 6.45) is 6.18. The number of benzene rings is 1. The van der Waals surface area contributed by atoms with Gasteiger partial charge >= 0.3 is 0 Å². The monoisotopic (exact) mass is 302 g/mol. The van der Waals surface area contributed by atoms with Crippen LogP contribution in [0.3, 0.4) is 0 Å². The maximum absolute atomic E-state index is 12.0. The molecule has 2 rings (SSSR count). The van der Waals surface area contributed by atoms with Crippen LogP contribution in [0.1, 0.15) is 48.0 Å². The van der Waals surface area contributed by atoms with Crippen LogP contribution in [0.4, 0.5) is 0 Å². The lowest BCUT2D eigenvalue weighted by Crippen LogP contribution is -2.41. The van der Waals surface area contributed by atoms with Crippen molar-refractivity contribution >= 4 is 11.9 Å². The Bertz CT molecular complexity index is 521. The molecule has 1 saturated carbocycles. The lowest BCUT2D eigenvalue weighted by atomic mass is 9.96. The van der Waals surface area contributed by atoms with Gasteiger partial charge < -0.3 is 16.4 Å². The summed E-state index contributed by atoms with van der Waals surface area (Å²) in [7, 11) is 0. The van der Waals surface area contributed by atoms with E-state index < -0.39 is 0 Å². The Labute approximate surface area is 132 Å². The minimum atomic E-state index is -0.0716. The van der Waals surface area contributed by atoms with Gasteiger partial charge in [-0.2, -0.15) is 0 Å². The summed E-state index contributed by atoms with van der Waals surface area (Å²) in [5.41, 5.74) is 7.63. The molecule has 0 aliphatic heterocycles. The minimum absolute atomic E-state index is 0.0716. The van der Waals surface area contributed by atoms with E-state index in [2.05, 4.69) is 15.6 Å². The second-order valence-corrected chi connectivity index (χ2v) is 5.87. The van der Waals surface area contributed by atoms with Gasteiger partial charge in [0, 0.05) is 18.2 Å². The first-order valence-corrected chi connectivity index (χ1v) is 8.06. The first-order chi connectivity index (χ1) is 10.6. The number of nitrogens with zero attached hydrogens (tertiary/aromatic N) is 1. The molecule has 0 atom stereocenters. The molecule has 1 aliphatic carbocycles. The topological polar surface area (TPSA) is 79.5 Å². The molecule has 0 spiro atoms. The van der Waals surface area contributed by atoms with Crippen molar-refractivity contribution in [2.45, 2.75) is 45.1 Å². The molecule has 0 radical (unpaired) electrons. The van der Waals surface area contributed by atoms with E-state index >= 15 is 0 Å². The number of nitrogens with one attached hydrogen (secondary N) is 2. The van der Waals surface area contributed by atoms with Crippen LogP contribution in [0.15, 0.2) is 29.3 Å². The third-order valence-corrected chi connectivity index (χ3v) is 3.92. The van der Waals surface area contributed by atoms with Gasteiger partial charge in [0.25, 0.3) is 5.91 Å². The zero-order valence-corrected chi connectivity index (χ0v) is 13.3. The van der Waals surface area contributed by atoms with Gasteiger partial charge in [0.05, 0.1) is 6.54 Å². The molecule has 1 fully saturated rings. The molecule has 4 N–H and O–H groups in total. The molecule has 5 heteroatoms. The van der Waals surface area contributed by atoms with Crippen molar-refractivity contribution in [1.29, 1.82) is 0 Å². The Hall–Kier alpha value is -2.04. The smallest absolute Gasteiger partial charge is 0.251 e. The summed E-state index contributed by atoms with van der Waals surface area (Å²) in [5.74, 6) is 0.411. The van der Waals surface area contributed by atoms with Crippen LogP contribution >= 0.6 is 0 Å². The maximum Gasteiger partial charge on any atom is 0.251 e. The molecule has 0 saturated heterocycles. The van der Waals surface area contributed by atoms with E-state index in [9.17, 15) is 4.79 Å². The van der Waals surface area contributed by atoms with Crippen molar-refractivity contribution in [3.05, 3.63) is 35.4 Å². The largest absolute Gasteiger partial charge is 0.370 e. The maximum atomic E-state index is 12.0. The van der Waals surface area contributed by atoms with E-state index in [-0.39, 0.29) is 5.91 Å². The fraction of sp³-hybridized carbons (Fsp3) is 0.529. The first kappa shape index (κ1) is 16.3. The third kappa shape index (κ3) is 5.39. The number of carbonyl (C=O) groups excluding carboxylic acids is 1. The summed E-state index contributed by atoms with van der Waals surface area (Å²) in [6.45, 7) is 2.95. The molecule has 1 aliphatic rings. The van der Waals surface area contributed by atoms with Crippen LogP contribution < -0.4 is 16.4 Å². The first-order valence-electron chi connectivity index (χ1n) is 8.06. The third-order valence-electron chi connectivity index (χ3n) is 3.92. The van der Waals surface area contributed by atoms with Crippen LogP contribution in [0.25, 0.3) is 0 Å². The lowest BCUT2D eigenvalue weighted by molar-refractivity contribution is 0.0954. The highest BCUT2D eigenvalue weighted by Gasteiger charge is 2.13. The van der Waals surface area contributed by atoms with Crippen LogP contribution in [0.2, 0.25) is 0 Å².